The van der Waals surface area contributed by atoms with E-state index >= 15 is 0 Å². The van der Waals surface area contributed by atoms with E-state index in [0.717, 1.165) is 0 Å². The molecular weight excluding hydrogens is 220 g/mol. The summed E-state index contributed by atoms with van der Waals surface area (Å²) in [5.74, 6) is -1.70. The minimum Gasteiger partial charge on any atom is -0.504 e. The number of hydrogen-bond acceptors (Lipinski definition) is 4. The van der Waals surface area contributed by atoms with Gasteiger partial charge in [-0.25, -0.2) is 4.79 Å². The Balaban J connectivity index is 5.22. The van der Waals surface area contributed by atoms with Crippen molar-refractivity contribution in [2.24, 2.45) is 5.92 Å². The summed E-state index contributed by atoms with van der Waals surface area (Å²) in [6.07, 6.45) is 0. The zero-order chi connectivity index (χ0) is 13.8. The Morgan fingerprint density at radius 1 is 1.47 bits per heavy atom. The van der Waals surface area contributed by atoms with Gasteiger partial charge >= 0.3 is 11.7 Å². The standard InChI is InChI=1S/C12H18N2O3/c1-7(2)8(3)10(15)9(14-13)11(16)17-12(4,5)6/h8H,1H2,2-6H3/p+1. The molecule has 0 radical (unpaired) electrons. The molecule has 5 heteroatoms. The summed E-state index contributed by atoms with van der Waals surface area (Å²) in [4.78, 5) is 14.4. The second-order valence-corrected chi connectivity index (χ2v) is 4.90. The number of allylic oxidation sites excluding steroid dienone is 1. The number of hydrogen-bond donors (Lipinski definition) is 1. The molecule has 0 aromatic carbocycles. The lowest BCUT2D eigenvalue weighted by molar-refractivity contribution is -0.149. The van der Waals surface area contributed by atoms with E-state index in [-0.39, 0.29) is 5.76 Å². The second-order valence-electron chi connectivity index (χ2n) is 4.90. The van der Waals surface area contributed by atoms with E-state index in [1.54, 1.807) is 34.6 Å². The predicted octanol–water partition coefficient (Wildman–Crippen LogP) is 3.16. The van der Waals surface area contributed by atoms with Crippen LogP contribution in [-0.2, 0) is 9.53 Å². The number of aliphatic hydroxyl groups excluding tert-OH is 1. The molecule has 0 aliphatic heterocycles. The first-order valence-electron chi connectivity index (χ1n) is 5.27. The molecule has 1 atom stereocenters. The molecule has 5 nitrogen and oxygen atoms in total. The highest BCUT2D eigenvalue weighted by molar-refractivity contribution is 5.91. The van der Waals surface area contributed by atoms with Gasteiger partial charge in [-0.3, -0.25) is 0 Å². The Kier molecular flexibility index (Phi) is 4.89. The number of diazo groups is 1. The van der Waals surface area contributed by atoms with Crippen molar-refractivity contribution in [2.45, 2.75) is 40.2 Å². The van der Waals surface area contributed by atoms with Crippen molar-refractivity contribution in [1.29, 1.82) is 5.39 Å². The Labute approximate surface area is 101 Å². The number of nitrogens with zero attached hydrogens (tertiary/aromatic N) is 2. The van der Waals surface area contributed by atoms with Gasteiger partial charge in [0, 0.05) is 5.92 Å². The van der Waals surface area contributed by atoms with Crippen LogP contribution in [0, 0.1) is 11.3 Å². The van der Waals surface area contributed by atoms with Gasteiger partial charge < -0.3 is 9.84 Å². The first kappa shape index (κ1) is 15.2. The summed E-state index contributed by atoms with van der Waals surface area (Å²) in [6.45, 7) is 12.0. The highest BCUT2D eigenvalue weighted by Gasteiger charge is 2.36. The molecule has 0 amide bonds. The molecule has 0 aliphatic rings. The fourth-order valence-corrected chi connectivity index (χ4v) is 0.962. The van der Waals surface area contributed by atoms with Crippen LogP contribution in [0.15, 0.2) is 23.6 Å². The third kappa shape index (κ3) is 4.68. The highest BCUT2D eigenvalue weighted by Crippen LogP contribution is 2.22. The van der Waals surface area contributed by atoms with Crippen LogP contribution in [0.1, 0.15) is 34.6 Å². The maximum absolute atomic E-state index is 11.6. The number of rotatable bonds is 3. The molecule has 0 aromatic rings. The number of esters is 1. The van der Waals surface area contributed by atoms with Gasteiger partial charge in [0.1, 0.15) is 5.60 Å². The summed E-state index contributed by atoms with van der Waals surface area (Å²) >= 11 is 0. The van der Waals surface area contributed by atoms with Crippen LogP contribution in [0.3, 0.4) is 0 Å². The molecule has 1 N–H and O–H groups in total. The average Bonchev–Trinajstić information content (AvgIpc) is 2.14. The largest absolute Gasteiger partial charge is 0.505 e. The third-order valence-electron chi connectivity index (χ3n) is 2.08. The third-order valence-corrected chi connectivity index (χ3v) is 2.08. The Morgan fingerprint density at radius 3 is 2.24 bits per heavy atom. The van der Waals surface area contributed by atoms with Gasteiger partial charge in [0.05, 0.1) is 0 Å². The van der Waals surface area contributed by atoms with E-state index < -0.39 is 23.2 Å². The molecule has 0 aliphatic carbocycles. The molecule has 0 saturated carbocycles. The quantitative estimate of drug-likeness (QED) is 0.270. The molecule has 94 valence electrons. The maximum Gasteiger partial charge on any atom is 0.505 e. The minimum atomic E-state index is -0.870. The van der Waals surface area contributed by atoms with Crippen LogP contribution >= 0.6 is 0 Å². The van der Waals surface area contributed by atoms with Crippen LogP contribution in [0.2, 0.25) is 0 Å². The lowest BCUT2D eigenvalue weighted by Crippen LogP contribution is -2.25. The van der Waals surface area contributed by atoms with Gasteiger partial charge in [0.2, 0.25) is 11.2 Å². The van der Waals surface area contributed by atoms with Crippen LogP contribution in [0.25, 0.3) is 4.98 Å². The molecular formula is C12H19N2O3+. The van der Waals surface area contributed by atoms with Crippen molar-refractivity contribution in [3.63, 3.8) is 0 Å². The van der Waals surface area contributed by atoms with Crippen molar-refractivity contribution >= 4 is 5.97 Å². The molecule has 0 spiro atoms. The van der Waals surface area contributed by atoms with Crippen LogP contribution in [0.4, 0.5) is 0 Å². The number of aliphatic hydroxyl groups is 1. The van der Waals surface area contributed by atoms with Gasteiger partial charge in [-0.05, 0) is 27.7 Å². The molecule has 17 heavy (non-hydrogen) atoms. The van der Waals surface area contributed by atoms with Crippen LogP contribution in [-0.4, -0.2) is 16.7 Å². The molecule has 0 heterocycles. The normalized spacial score (nSPS) is 14.4. The maximum atomic E-state index is 11.6. The molecule has 0 aromatic heterocycles. The fraction of sp³-hybridized carbons (Fsp3) is 0.583. The zero-order valence-electron chi connectivity index (χ0n) is 10.9. The number of carbonyl (C=O) groups excluding carboxylic acids is 1. The smallest absolute Gasteiger partial charge is 0.504 e. The minimum absolute atomic E-state index is 0.353. The van der Waals surface area contributed by atoms with Crippen molar-refractivity contribution in [2.75, 3.05) is 0 Å². The Bertz CT molecular complexity index is 397. The molecule has 0 saturated heterocycles. The van der Waals surface area contributed by atoms with Crippen molar-refractivity contribution in [1.82, 2.24) is 0 Å². The average molecular weight is 239 g/mol. The summed E-state index contributed by atoms with van der Waals surface area (Å²) < 4.78 is 5.00. The highest BCUT2D eigenvalue weighted by atomic mass is 16.6. The monoisotopic (exact) mass is 239 g/mol. The second kappa shape index (κ2) is 5.48. The summed E-state index contributed by atoms with van der Waals surface area (Å²) in [6, 6.07) is 0. The van der Waals surface area contributed by atoms with Gasteiger partial charge in [-0.15, -0.1) is 0 Å². The summed E-state index contributed by atoms with van der Waals surface area (Å²) in [5.41, 5.74) is -0.567. The van der Waals surface area contributed by atoms with Gasteiger partial charge in [-0.1, -0.05) is 19.1 Å². The summed E-state index contributed by atoms with van der Waals surface area (Å²) in [7, 11) is 0. The Morgan fingerprint density at radius 2 is 1.94 bits per heavy atom. The van der Waals surface area contributed by atoms with E-state index in [2.05, 4.69) is 11.6 Å². The van der Waals surface area contributed by atoms with Gasteiger partial charge in [0.15, 0.2) is 4.98 Å². The van der Waals surface area contributed by atoms with E-state index in [4.69, 9.17) is 10.1 Å². The first-order chi connectivity index (χ1) is 7.60. The van der Waals surface area contributed by atoms with Crippen molar-refractivity contribution < 1.29 is 14.6 Å². The molecule has 0 rings (SSSR count). The topological polar surface area (TPSA) is 74.7 Å². The first-order valence-corrected chi connectivity index (χ1v) is 5.27. The fourth-order valence-electron chi connectivity index (χ4n) is 0.962. The lowest BCUT2D eigenvalue weighted by atomic mass is 10.0. The summed E-state index contributed by atoms with van der Waals surface area (Å²) in [5, 5.41) is 18.6. The van der Waals surface area contributed by atoms with Gasteiger partial charge in [0.25, 0.3) is 0 Å². The molecule has 0 fully saturated rings. The van der Waals surface area contributed by atoms with Crippen molar-refractivity contribution in [3.05, 3.63) is 28.6 Å². The lowest BCUT2D eigenvalue weighted by Gasteiger charge is -2.17. The van der Waals surface area contributed by atoms with Crippen molar-refractivity contribution in [3.8, 4) is 0 Å². The SMILES string of the molecule is C=C(C)C(C)/C(O)=C(\[N+]#N)C(=O)OC(C)(C)C. The van der Waals surface area contributed by atoms with E-state index in [9.17, 15) is 9.90 Å². The Hall–Kier alpha value is -1.83. The van der Waals surface area contributed by atoms with E-state index in [0.29, 0.717) is 5.57 Å². The molecule has 1 unspecified atom stereocenters. The van der Waals surface area contributed by atoms with Crippen LogP contribution < -0.4 is 0 Å². The number of ether oxygens (including phenoxy) is 1. The molecule has 0 bridgehead atoms. The number of carbonyl (C=O) groups is 1. The van der Waals surface area contributed by atoms with Crippen LogP contribution in [0.5, 0.6) is 0 Å². The zero-order valence-corrected chi connectivity index (χ0v) is 10.9. The van der Waals surface area contributed by atoms with E-state index in [1.165, 1.54) is 0 Å². The predicted molar refractivity (Wildman–Crippen MR) is 64.6 cm³/mol. The van der Waals surface area contributed by atoms with Gasteiger partial charge in [-0.2, -0.15) is 0 Å². The van der Waals surface area contributed by atoms with E-state index in [1.807, 2.05) is 0 Å².